The van der Waals surface area contributed by atoms with Gasteiger partial charge in [-0.05, 0) is 24.3 Å². The molecule has 2 N–H and O–H groups in total. The first-order valence-electron chi connectivity index (χ1n) is 10.1. The summed E-state index contributed by atoms with van der Waals surface area (Å²) in [6.07, 6.45) is 5.13. The molecule has 162 valence electrons. The van der Waals surface area contributed by atoms with Gasteiger partial charge in [-0.25, -0.2) is 14.8 Å². The number of pyridine rings is 1. The van der Waals surface area contributed by atoms with Crippen LogP contribution in [0.15, 0.2) is 79.3 Å². The van der Waals surface area contributed by atoms with E-state index in [4.69, 9.17) is 22.1 Å². The molecular formula is C25H18ClN5O2. The molecule has 0 saturated heterocycles. The van der Waals surface area contributed by atoms with Crippen LogP contribution in [0.5, 0.6) is 5.75 Å². The van der Waals surface area contributed by atoms with Crippen LogP contribution in [0.25, 0.3) is 33.4 Å². The first-order chi connectivity index (χ1) is 16.0. The number of nitrogens with two attached hydrogens (primary N) is 1. The number of carbonyl (C=O) groups is 1. The van der Waals surface area contributed by atoms with E-state index in [0.717, 1.165) is 10.9 Å². The van der Waals surface area contributed by atoms with Gasteiger partial charge >= 0.3 is 5.97 Å². The van der Waals surface area contributed by atoms with Crippen LogP contribution in [0.2, 0.25) is 5.02 Å². The number of halogens is 1. The van der Waals surface area contributed by atoms with Crippen LogP contribution in [-0.2, 0) is 7.05 Å². The van der Waals surface area contributed by atoms with Gasteiger partial charge < -0.3 is 15.0 Å². The van der Waals surface area contributed by atoms with Crippen LogP contribution < -0.4 is 10.5 Å². The number of aromatic nitrogens is 4. The summed E-state index contributed by atoms with van der Waals surface area (Å²) >= 11 is 6.52. The van der Waals surface area contributed by atoms with Gasteiger partial charge in [0.2, 0.25) is 0 Å². The second-order valence-electron chi connectivity index (χ2n) is 7.46. The molecule has 3 heterocycles. The van der Waals surface area contributed by atoms with E-state index in [-0.39, 0.29) is 11.5 Å². The number of hydrogen-bond donors (Lipinski definition) is 1. The molecule has 0 spiro atoms. The molecule has 8 heteroatoms. The van der Waals surface area contributed by atoms with Crippen molar-refractivity contribution in [2.45, 2.75) is 0 Å². The Bertz CT molecular complexity index is 1500. The Labute approximate surface area is 194 Å². The van der Waals surface area contributed by atoms with Gasteiger partial charge in [0, 0.05) is 42.2 Å². The van der Waals surface area contributed by atoms with Crippen LogP contribution in [0.4, 0.5) is 5.82 Å². The Hall–Kier alpha value is -4.23. The molecule has 0 aliphatic heterocycles. The lowest BCUT2D eigenvalue weighted by Crippen LogP contribution is -2.16. The molecule has 0 saturated carbocycles. The Morgan fingerprint density at radius 2 is 1.79 bits per heavy atom. The number of hydrogen-bond acceptors (Lipinski definition) is 6. The fraction of sp³-hybridized carbons (Fsp3) is 0.0400. The number of nitrogens with zero attached hydrogens (tertiary/aromatic N) is 4. The second kappa shape index (κ2) is 8.37. The minimum absolute atomic E-state index is 0.0212. The van der Waals surface area contributed by atoms with E-state index in [1.807, 2.05) is 55.6 Å². The lowest BCUT2D eigenvalue weighted by Gasteiger charge is -2.13. The third-order valence-corrected chi connectivity index (χ3v) is 5.40. The summed E-state index contributed by atoms with van der Waals surface area (Å²) in [4.78, 5) is 26.4. The predicted molar refractivity (Wildman–Crippen MR) is 128 cm³/mol. The van der Waals surface area contributed by atoms with Crippen LogP contribution in [0, 0.1) is 0 Å². The fourth-order valence-corrected chi connectivity index (χ4v) is 3.85. The van der Waals surface area contributed by atoms with Gasteiger partial charge in [0.1, 0.15) is 5.75 Å². The Morgan fingerprint density at radius 1 is 1.00 bits per heavy atom. The average molecular weight is 456 g/mol. The number of nitrogen functional groups attached to an aromatic ring is 1. The van der Waals surface area contributed by atoms with Crippen molar-refractivity contribution in [3.63, 3.8) is 0 Å². The number of benzene rings is 2. The van der Waals surface area contributed by atoms with Crippen molar-refractivity contribution >= 4 is 34.3 Å². The molecule has 7 nitrogen and oxygen atoms in total. The first-order valence-corrected chi connectivity index (χ1v) is 10.5. The van der Waals surface area contributed by atoms with E-state index in [1.54, 1.807) is 35.3 Å². The zero-order valence-corrected chi connectivity index (χ0v) is 18.3. The molecule has 0 fully saturated rings. The number of fused-ring (bicyclic) bond motifs is 1. The van der Waals surface area contributed by atoms with Crippen molar-refractivity contribution in [2.75, 3.05) is 5.73 Å². The molecule has 2 aromatic carbocycles. The highest BCUT2D eigenvalue weighted by molar-refractivity contribution is 6.35. The number of aryl methyl sites for hydroxylation is 1. The zero-order valence-electron chi connectivity index (χ0n) is 17.6. The summed E-state index contributed by atoms with van der Waals surface area (Å²) in [6, 6.07) is 18.6. The van der Waals surface area contributed by atoms with E-state index < -0.39 is 5.97 Å². The standard InChI is InChI=1S/C25H18ClN5O2/c1-31-11-9-18(14-31)33-25(32)23-24(27)30-21(15-6-3-2-4-7-15)22(29-23)17-12-16-8-5-10-28-20(16)19(26)13-17/h2-14H,1H3,(H2,27,30). The van der Waals surface area contributed by atoms with Gasteiger partial charge in [-0.3, -0.25) is 4.98 Å². The predicted octanol–water partition coefficient (Wildman–Crippen LogP) is 5.15. The number of carbonyl (C=O) groups excluding carboxylic acids is 1. The van der Waals surface area contributed by atoms with Gasteiger partial charge in [0.15, 0.2) is 11.5 Å². The highest BCUT2D eigenvalue weighted by atomic mass is 35.5. The third-order valence-electron chi connectivity index (χ3n) is 5.11. The van der Waals surface area contributed by atoms with Crippen molar-refractivity contribution < 1.29 is 9.53 Å². The number of ether oxygens (including phenoxy) is 1. The van der Waals surface area contributed by atoms with Crippen LogP contribution in [0.3, 0.4) is 0 Å². The topological polar surface area (TPSA) is 95.9 Å². The number of anilines is 1. The monoisotopic (exact) mass is 455 g/mol. The lowest BCUT2D eigenvalue weighted by atomic mass is 10.0. The average Bonchev–Trinajstić information content (AvgIpc) is 3.23. The quantitative estimate of drug-likeness (QED) is 0.376. The minimum atomic E-state index is -0.694. The van der Waals surface area contributed by atoms with Crippen LogP contribution in [-0.4, -0.2) is 25.5 Å². The molecule has 0 aliphatic carbocycles. The number of esters is 1. The van der Waals surface area contributed by atoms with Crippen molar-refractivity contribution in [2.24, 2.45) is 7.05 Å². The maximum absolute atomic E-state index is 12.9. The summed E-state index contributed by atoms with van der Waals surface area (Å²) in [5.74, 6) is -0.329. The van der Waals surface area contributed by atoms with Gasteiger partial charge in [-0.1, -0.05) is 48.0 Å². The third kappa shape index (κ3) is 4.02. The van der Waals surface area contributed by atoms with E-state index in [9.17, 15) is 4.79 Å². The van der Waals surface area contributed by atoms with Gasteiger partial charge in [-0.2, -0.15) is 0 Å². The minimum Gasteiger partial charge on any atom is -0.420 e. The molecule has 0 atom stereocenters. The lowest BCUT2D eigenvalue weighted by molar-refractivity contribution is 0.0729. The van der Waals surface area contributed by atoms with E-state index in [1.165, 1.54) is 0 Å². The molecule has 0 aliphatic rings. The SMILES string of the molecule is Cn1ccc(OC(=O)c2nc(-c3cc(Cl)c4ncccc4c3)c(-c3ccccc3)nc2N)c1. The van der Waals surface area contributed by atoms with E-state index in [2.05, 4.69) is 15.0 Å². The Morgan fingerprint density at radius 3 is 2.55 bits per heavy atom. The molecule has 0 bridgehead atoms. The van der Waals surface area contributed by atoms with Crippen molar-refractivity contribution in [3.05, 3.63) is 90.0 Å². The van der Waals surface area contributed by atoms with E-state index in [0.29, 0.717) is 33.2 Å². The maximum atomic E-state index is 12.9. The molecule has 0 unspecified atom stereocenters. The second-order valence-corrected chi connectivity index (χ2v) is 7.86. The summed E-state index contributed by atoms with van der Waals surface area (Å²) in [6.45, 7) is 0. The highest BCUT2D eigenvalue weighted by Crippen LogP contribution is 2.35. The van der Waals surface area contributed by atoms with Crippen LogP contribution >= 0.6 is 11.6 Å². The Balaban J connectivity index is 1.69. The largest absolute Gasteiger partial charge is 0.420 e. The van der Waals surface area contributed by atoms with Crippen molar-refractivity contribution in [1.82, 2.24) is 19.5 Å². The molecule has 0 radical (unpaired) electrons. The molecule has 5 rings (SSSR count). The first kappa shape index (κ1) is 20.7. The summed E-state index contributed by atoms with van der Waals surface area (Å²) in [7, 11) is 1.83. The normalized spacial score (nSPS) is 11.0. The number of rotatable bonds is 4. The van der Waals surface area contributed by atoms with Gasteiger partial charge in [0.25, 0.3) is 0 Å². The molecular weight excluding hydrogens is 438 g/mol. The smallest absolute Gasteiger partial charge is 0.366 e. The summed E-state index contributed by atoms with van der Waals surface area (Å²) in [5, 5.41) is 1.31. The maximum Gasteiger partial charge on any atom is 0.366 e. The van der Waals surface area contributed by atoms with Gasteiger partial charge in [0.05, 0.1) is 21.9 Å². The molecule has 33 heavy (non-hydrogen) atoms. The summed E-state index contributed by atoms with van der Waals surface area (Å²) < 4.78 is 7.22. The highest BCUT2D eigenvalue weighted by Gasteiger charge is 2.22. The Kier molecular flexibility index (Phi) is 5.24. The van der Waals surface area contributed by atoms with E-state index >= 15 is 0 Å². The van der Waals surface area contributed by atoms with Crippen molar-refractivity contribution in [1.29, 1.82) is 0 Å². The van der Waals surface area contributed by atoms with Gasteiger partial charge in [-0.15, -0.1) is 0 Å². The zero-order chi connectivity index (χ0) is 22.9. The summed E-state index contributed by atoms with van der Waals surface area (Å²) in [5.41, 5.74) is 9.25. The fourth-order valence-electron chi connectivity index (χ4n) is 3.58. The van der Waals surface area contributed by atoms with Crippen LogP contribution in [0.1, 0.15) is 10.5 Å². The molecule has 5 aromatic rings. The molecule has 3 aromatic heterocycles. The van der Waals surface area contributed by atoms with Crippen molar-refractivity contribution in [3.8, 4) is 28.3 Å². The molecule has 0 amide bonds.